The van der Waals surface area contributed by atoms with E-state index in [1.807, 2.05) is 31.2 Å². The maximum Gasteiger partial charge on any atom is 0.264 e. The van der Waals surface area contributed by atoms with Crippen LogP contribution in [-0.2, 0) is 26.2 Å². The Kier molecular flexibility index (Phi) is 9.94. The van der Waals surface area contributed by atoms with Gasteiger partial charge in [-0.1, -0.05) is 72.5 Å². The predicted molar refractivity (Wildman–Crippen MR) is 161 cm³/mol. The van der Waals surface area contributed by atoms with Crippen LogP contribution >= 0.6 is 11.6 Å². The van der Waals surface area contributed by atoms with Crippen LogP contribution in [0.3, 0.4) is 0 Å². The lowest BCUT2D eigenvalue weighted by Crippen LogP contribution is -2.52. The van der Waals surface area contributed by atoms with E-state index in [1.54, 1.807) is 37.3 Å². The summed E-state index contributed by atoms with van der Waals surface area (Å²) >= 11 is 6.37. The lowest BCUT2D eigenvalue weighted by molar-refractivity contribution is -0.139. The largest absolute Gasteiger partial charge is 0.495 e. The SMILES string of the molecule is COc1ccc(N(CC(=O)N(Cc2ccc(C)cc2)[C@@H](C)C(=O)NC2CCCC2)S(=O)(=O)c2ccccc2)cc1Cl. The summed E-state index contributed by atoms with van der Waals surface area (Å²) in [6, 6.07) is 19.4. The molecule has 0 heterocycles. The summed E-state index contributed by atoms with van der Waals surface area (Å²) in [7, 11) is -2.71. The molecule has 10 heteroatoms. The number of hydrogen-bond donors (Lipinski definition) is 1. The highest BCUT2D eigenvalue weighted by atomic mass is 35.5. The molecule has 41 heavy (non-hydrogen) atoms. The van der Waals surface area contributed by atoms with Crippen molar-refractivity contribution in [3.8, 4) is 5.75 Å². The first kappa shape index (κ1) is 30.4. The summed E-state index contributed by atoms with van der Waals surface area (Å²) in [5.74, 6) is -0.412. The summed E-state index contributed by atoms with van der Waals surface area (Å²) in [6.45, 7) is 3.25. The minimum Gasteiger partial charge on any atom is -0.495 e. The fourth-order valence-corrected chi connectivity index (χ4v) is 6.60. The quantitative estimate of drug-likeness (QED) is 0.322. The number of halogens is 1. The summed E-state index contributed by atoms with van der Waals surface area (Å²) in [4.78, 5) is 28.8. The molecule has 0 aromatic heterocycles. The maximum atomic E-state index is 14.0. The topological polar surface area (TPSA) is 96.0 Å². The molecule has 1 N–H and O–H groups in total. The van der Waals surface area contributed by atoms with Gasteiger partial charge in [0, 0.05) is 12.6 Å². The lowest BCUT2D eigenvalue weighted by atomic mass is 10.1. The molecule has 3 aromatic rings. The molecule has 2 amide bonds. The Hall–Kier alpha value is -3.56. The van der Waals surface area contributed by atoms with Crippen molar-refractivity contribution in [2.45, 2.75) is 63.1 Å². The van der Waals surface area contributed by atoms with Gasteiger partial charge in [-0.05, 0) is 62.6 Å². The summed E-state index contributed by atoms with van der Waals surface area (Å²) in [5, 5.41) is 3.27. The van der Waals surface area contributed by atoms with Crippen LogP contribution in [0.2, 0.25) is 5.02 Å². The van der Waals surface area contributed by atoms with Crippen molar-refractivity contribution in [3.05, 3.63) is 88.9 Å². The molecule has 4 rings (SSSR count). The number of rotatable bonds is 11. The van der Waals surface area contributed by atoms with E-state index in [4.69, 9.17) is 16.3 Å². The standard InChI is InChI=1S/C31H36ClN3O5S/c1-22-13-15-24(16-14-22)20-34(23(2)31(37)33-25-9-7-8-10-25)30(36)21-35(26-17-18-29(40-3)28(32)19-26)41(38,39)27-11-5-4-6-12-27/h4-6,11-19,23,25H,7-10,20-21H2,1-3H3,(H,33,37)/t23-/m0/s1. The van der Waals surface area contributed by atoms with Crippen molar-refractivity contribution >= 4 is 39.1 Å². The summed E-state index contributed by atoms with van der Waals surface area (Å²) in [6.07, 6.45) is 3.93. The van der Waals surface area contributed by atoms with E-state index in [-0.39, 0.29) is 34.1 Å². The van der Waals surface area contributed by atoms with Crippen LogP contribution in [0, 0.1) is 6.92 Å². The van der Waals surface area contributed by atoms with Gasteiger partial charge in [-0.3, -0.25) is 13.9 Å². The van der Waals surface area contributed by atoms with Crippen LogP contribution in [0.15, 0.2) is 77.7 Å². The number of anilines is 1. The van der Waals surface area contributed by atoms with Crippen LogP contribution in [-0.4, -0.2) is 50.9 Å². The van der Waals surface area contributed by atoms with Crippen LogP contribution < -0.4 is 14.4 Å². The molecule has 1 fully saturated rings. The summed E-state index contributed by atoms with van der Waals surface area (Å²) in [5.41, 5.74) is 2.09. The lowest BCUT2D eigenvalue weighted by Gasteiger charge is -2.32. The molecule has 218 valence electrons. The molecule has 0 unspecified atom stereocenters. The molecule has 0 saturated heterocycles. The van der Waals surface area contributed by atoms with Crippen molar-refractivity contribution < 1.29 is 22.7 Å². The zero-order valence-electron chi connectivity index (χ0n) is 23.5. The molecule has 0 aliphatic heterocycles. The number of amides is 2. The third-order valence-electron chi connectivity index (χ3n) is 7.38. The molecule has 1 atom stereocenters. The van der Waals surface area contributed by atoms with Crippen molar-refractivity contribution in [2.75, 3.05) is 18.0 Å². The number of nitrogens with zero attached hydrogens (tertiary/aromatic N) is 2. The first-order valence-electron chi connectivity index (χ1n) is 13.7. The van der Waals surface area contributed by atoms with E-state index in [1.165, 1.54) is 30.2 Å². The summed E-state index contributed by atoms with van der Waals surface area (Å²) < 4.78 is 34.0. The number of carbonyl (C=O) groups is 2. The van der Waals surface area contributed by atoms with Crippen LogP contribution in [0.25, 0.3) is 0 Å². The van der Waals surface area contributed by atoms with Gasteiger partial charge in [-0.15, -0.1) is 0 Å². The van der Waals surface area contributed by atoms with Crippen molar-refractivity contribution in [3.63, 3.8) is 0 Å². The Bertz CT molecular complexity index is 1460. The van der Waals surface area contributed by atoms with Crippen molar-refractivity contribution in [1.29, 1.82) is 0 Å². The number of nitrogens with one attached hydrogen (secondary N) is 1. The van der Waals surface area contributed by atoms with E-state index in [2.05, 4.69) is 5.32 Å². The third-order valence-corrected chi connectivity index (χ3v) is 9.46. The number of carbonyl (C=O) groups excluding carboxylic acids is 2. The number of sulfonamides is 1. The third kappa shape index (κ3) is 7.40. The highest BCUT2D eigenvalue weighted by Gasteiger charge is 2.33. The molecule has 1 saturated carbocycles. The van der Waals surface area contributed by atoms with Gasteiger partial charge in [-0.2, -0.15) is 0 Å². The first-order chi connectivity index (χ1) is 19.6. The van der Waals surface area contributed by atoms with Gasteiger partial charge < -0.3 is 15.0 Å². The maximum absolute atomic E-state index is 14.0. The fourth-order valence-electron chi connectivity index (χ4n) is 4.92. The predicted octanol–water partition coefficient (Wildman–Crippen LogP) is 5.33. The number of aryl methyl sites for hydroxylation is 1. The van der Waals surface area contributed by atoms with Gasteiger partial charge in [0.15, 0.2) is 0 Å². The Morgan fingerprint density at radius 3 is 2.29 bits per heavy atom. The molecular weight excluding hydrogens is 562 g/mol. The van der Waals surface area contributed by atoms with E-state index in [9.17, 15) is 18.0 Å². The second-order valence-electron chi connectivity index (χ2n) is 10.3. The zero-order chi connectivity index (χ0) is 29.6. The molecular formula is C31H36ClN3O5S. The Morgan fingerprint density at radius 1 is 1.02 bits per heavy atom. The van der Waals surface area contributed by atoms with Gasteiger partial charge in [0.2, 0.25) is 11.8 Å². The van der Waals surface area contributed by atoms with Gasteiger partial charge >= 0.3 is 0 Å². The normalized spacial score (nSPS) is 14.3. The molecule has 0 radical (unpaired) electrons. The van der Waals surface area contributed by atoms with Crippen LogP contribution in [0.1, 0.15) is 43.7 Å². The molecule has 8 nitrogen and oxygen atoms in total. The smallest absolute Gasteiger partial charge is 0.264 e. The molecule has 1 aliphatic carbocycles. The van der Waals surface area contributed by atoms with Gasteiger partial charge in [0.1, 0.15) is 18.3 Å². The Morgan fingerprint density at radius 2 is 1.68 bits per heavy atom. The zero-order valence-corrected chi connectivity index (χ0v) is 25.1. The number of benzene rings is 3. The second-order valence-corrected chi connectivity index (χ2v) is 12.6. The minimum atomic E-state index is -4.18. The highest BCUT2D eigenvalue weighted by molar-refractivity contribution is 7.92. The van der Waals surface area contributed by atoms with E-state index >= 15 is 0 Å². The average Bonchev–Trinajstić information content (AvgIpc) is 3.48. The van der Waals surface area contributed by atoms with Crippen molar-refractivity contribution in [1.82, 2.24) is 10.2 Å². The number of hydrogen-bond acceptors (Lipinski definition) is 5. The van der Waals surface area contributed by atoms with E-state index in [0.717, 1.165) is 41.1 Å². The Balaban J connectivity index is 1.70. The van der Waals surface area contributed by atoms with Crippen molar-refractivity contribution in [2.24, 2.45) is 0 Å². The minimum absolute atomic E-state index is 0.0249. The van der Waals surface area contributed by atoms with Gasteiger partial charge in [0.25, 0.3) is 10.0 Å². The van der Waals surface area contributed by atoms with E-state index < -0.39 is 28.5 Å². The van der Waals surface area contributed by atoms with Crippen LogP contribution in [0.5, 0.6) is 5.75 Å². The second kappa shape index (κ2) is 13.4. The molecule has 0 bridgehead atoms. The first-order valence-corrected chi connectivity index (χ1v) is 15.5. The Labute approximate surface area is 247 Å². The van der Waals surface area contributed by atoms with Crippen LogP contribution in [0.4, 0.5) is 5.69 Å². The average molecular weight is 598 g/mol. The van der Waals surface area contributed by atoms with E-state index in [0.29, 0.717) is 5.75 Å². The highest BCUT2D eigenvalue weighted by Crippen LogP contribution is 2.32. The van der Waals surface area contributed by atoms with Gasteiger partial charge in [0.05, 0.1) is 22.7 Å². The number of methoxy groups -OCH3 is 1. The fraction of sp³-hybridized carbons (Fsp3) is 0.355. The molecule has 0 spiro atoms. The number of ether oxygens (including phenoxy) is 1. The molecule has 1 aliphatic rings. The molecule has 3 aromatic carbocycles. The van der Waals surface area contributed by atoms with Gasteiger partial charge in [-0.25, -0.2) is 8.42 Å². The monoisotopic (exact) mass is 597 g/mol.